The van der Waals surface area contributed by atoms with E-state index >= 15 is 0 Å². The summed E-state index contributed by atoms with van der Waals surface area (Å²) in [6, 6.07) is 6.45. The van der Waals surface area contributed by atoms with Gasteiger partial charge >= 0.3 is 6.18 Å². The number of hydrogen-bond donors (Lipinski definition) is 1. The zero-order valence-corrected chi connectivity index (χ0v) is 15.1. The van der Waals surface area contributed by atoms with Gasteiger partial charge in [-0.15, -0.1) is 0 Å². The number of ether oxygens (including phenoxy) is 1. The summed E-state index contributed by atoms with van der Waals surface area (Å²) in [5, 5.41) is 14.6. The Bertz CT molecular complexity index is 712. The summed E-state index contributed by atoms with van der Waals surface area (Å²) in [6.07, 6.45) is -1.56. The van der Waals surface area contributed by atoms with Crippen LogP contribution in [0.3, 0.4) is 0 Å². The lowest BCUT2D eigenvalue weighted by molar-refractivity contribution is -0.302. The zero-order valence-electron chi connectivity index (χ0n) is 15.1. The molecule has 0 unspecified atom stereocenters. The minimum absolute atomic E-state index is 0.105. The average molecular weight is 384 g/mol. The van der Waals surface area contributed by atoms with E-state index in [1.807, 2.05) is 0 Å². The standard InChI is InChI=1S/C19H23F3N2O3/c1-27-15-9-7-13(8-10-15)11-17(25)24-18(26,19(20,21)22)12-16(23-24)14-5-3-2-4-6-14/h7-10,14,26H,2-6,11-12H2,1H3/t18-/m0/s1. The molecule has 5 nitrogen and oxygen atoms in total. The van der Waals surface area contributed by atoms with Crippen LogP contribution in [0, 0.1) is 5.92 Å². The first-order chi connectivity index (χ1) is 12.7. The highest BCUT2D eigenvalue weighted by molar-refractivity contribution is 5.92. The van der Waals surface area contributed by atoms with Crippen molar-refractivity contribution in [2.24, 2.45) is 11.0 Å². The molecule has 0 radical (unpaired) electrons. The maximum Gasteiger partial charge on any atom is 0.438 e. The van der Waals surface area contributed by atoms with Crippen molar-refractivity contribution in [2.75, 3.05) is 7.11 Å². The molecule has 1 heterocycles. The van der Waals surface area contributed by atoms with Crippen LogP contribution in [0.15, 0.2) is 29.4 Å². The Morgan fingerprint density at radius 3 is 2.44 bits per heavy atom. The lowest BCUT2D eigenvalue weighted by Crippen LogP contribution is -2.57. The number of aliphatic hydroxyl groups is 1. The molecule has 1 fully saturated rings. The molecular weight excluding hydrogens is 361 g/mol. The van der Waals surface area contributed by atoms with E-state index in [1.165, 1.54) is 7.11 Å². The molecule has 0 bridgehead atoms. The molecule has 1 aromatic rings. The highest BCUT2D eigenvalue weighted by Gasteiger charge is 2.63. The molecule has 2 aliphatic rings. The van der Waals surface area contributed by atoms with Crippen molar-refractivity contribution in [3.8, 4) is 5.75 Å². The van der Waals surface area contributed by atoms with E-state index in [2.05, 4.69) is 5.10 Å². The summed E-state index contributed by atoms with van der Waals surface area (Å²) in [7, 11) is 1.50. The van der Waals surface area contributed by atoms with E-state index in [0.29, 0.717) is 11.3 Å². The number of methoxy groups -OCH3 is 1. The van der Waals surface area contributed by atoms with Crippen LogP contribution in [0.25, 0.3) is 0 Å². The minimum atomic E-state index is -4.98. The van der Waals surface area contributed by atoms with Crippen LogP contribution in [0.2, 0.25) is 0 Å². The van der Waals surface area contributed by atoms with Crippen molar-refractivity contribution < 1.29 is 27.8 Å². The number of rotatable bonds is 4. The van der Waals surface area contributed by atoms with E-state index in [1.54, 1.807) is 24.3 Å². The topological polar surface area (TPSA) is 62.1 Å². The molecule has 0 aromatic heterocycles. The minimum Gasteiger partial charge on any atom is -0.497 e. The number of amides is 1. The predicted molar refractivity (Wildman–Crippen MR) is 93.2 cm³/mol. The number of nitrogens with zero attached hydrogens (tertiary/aromatic N) is 2. The fourth-order valence-electron chi connectivity index (χ4n) is 3.71. The van der Waals surface area contributed by atoms with Crippen molar-refractivity contribution >= 4 is 11.6 Å². The fraction of sp³-hybridized carbons (Fsp3) is 0.579. The maximum atomic E-state index is 13.6. The van der Waals surface area contributed by atoms with Gasteiger partial charge in [0.1, 0.15) is 5.75 Å². The Kier molecular flexibility index (Phi) is 5.46. The third-order valence-electron chi connectivity index (χ3n) is 5.29. The second-order valence-electron chi connectivity index (χ2n) is 7.15. The summed E-state index contributed by atoms with van der Waals surface area (Å²) in [6.45, 7) is 0. The van der Waals surface area contributed by atoms with Gasteiger partial charge in [-0.25, -0.2) is 0 Å². The molecule has 1 aromatic carbocycles. The first-order valence-corrected chi connectivity index (χ1v) is 9.07. The highest BCUT2D eigenvalue weighted by atomic mass is 19.4. The van der Waals surface area contributed by atoms with Gasteiger partial charge in [-0.3, -0.25) is 4.79 Å². The molecular formula is C19H23F3N2O3. The molecule has 1 saturated carbocycles. The third kappa shape index (κ3) is 3.95. The van der Waals surface area contributed by atoms with Crippen molar-refractivity contribution in [1.29, 1.82) is 0 Å². The molecule has 1 aliphatic carbocycles. The number of benzene rings is 1. The number of hydrazone groups is 1. The molecule has 3 rings (SSSR count). The normalized spacial score (nSPS) is 24.0. The Morgan fingerprint density at radius 1 is 1.26 bits per heavy atom. The maximum absolute atomic E-state index is 13.6. The summed E-state index contributed by atoms with van der Waals surface area (Å²) >= 11 is 0. The molecule has 1 N–H and O–H groups in total. The number of carbonyl (C=O) groups excluding carboxylic acids is 1. The van der Waals surface area contributed by atoms with Gasteiger partial charge in [0.2, 0.25) is 5.91 Å². The molecule has 0 saturated heterocycles. The molecule has 1 atom stereocenters. The van der Waals surface area contributed by atoms with Crippen molar-refractivity contribution in [1.82, 2.24) is 5.01 Å². The monoisotopic (exact) mass is 384 g/mol. The summed E-state index contributed by atoms with van der Waals surface area (Å²) in [5.41, 5.74) is -2.48. The molecule has 27 heavy (non-hydrogen) atoms. The van der Waals surface area contributed by atoms with Gasteiger partial charge in [0, 0.05) is 12.1 Å². The van der Waals surface area contributed by atoms with E-state index in [4.69, 9.17) is 4.74 Å². The van der Waals surface area contributed by atoms with Crippen LogP contribution in [0.4, 0.5) is 13.2 Å². The van der Waals surface area contributed by atoms with Gasteiger partial charge in [-0.05, 0) is 36.5 Å². The summed E-state index contributed by atoms with van der Waals surface area (Å²) in [4.78, 5) is 12.6. The number of halogens is 3. The number of carbonyl (C=O) groups is 1. The smallest absolute Gasteiger partial charge is 0.438 e. The van der Waals surface area contributed by atoms with Gasteiger partial charge in [-0.2, -0.15) is 23.3 Å². The van der Waals surface area contributed by atoms with E-state index in [-0.39, 0.29) is 23.1 Å². The third-order valence-corrected chi connectivity index (χ3v) is 5.29. The quantitative estimate of drug-likeness (QED) is 0.862. The van der Waals surface area contributed by atoms with Gasteiger partial charge in [0.25, 0.3) is 5.72 Å². The average Bonchev–Trinajstić information content (AvgIpc) is 3.02. The Hall–Kier alpha value is -2.09. The van der Waals surface area contributed by atoms with Crippen LogP contribution in [0.1, 0.15) is 44.1 Å². The Morgan fingerprint density at radius 2 is 1.89 bits per heavy atom. The first-order valence-electron chi connectivity index (χ1n) is 9.07. The highest BCUT2D eigenvalue weighted by Crippen LogP contribution is 2.43. The van der Waals surface area contributed by atoms with Gasteiger partial charge in [-0.1, -0.05) is 31.4 Å². The second-order valence-corrected chi connectivity index (χ2v) is 7.15. The fourth-order valence-corrected chi connectivity index (χ4v) is 3.71. The van der Waals surface area contributed by atoms with Crippen molar-refractivity contribution in [3.05, 3.63) is 29.8 Å². The predicted octanol–water partition coefficient (Wildman–Crippen LogP) is 3.66. The molecule has 0 spiro atoms. The first kappa shape index (κ1) is 19.7. The Balaban J connectivity index is 1.83. The lowest BCUT2D eigenvalue weighted by atomic mass is 9.83. The van der Waals surface area contributed by atoms with Gasteiger partial charge < -0.3 is 9.84 Å². The van der Waals surface area contributed by atoms with Crippen LogP contribution in [-0.4, -0.2) is 40.7 Å². The van der Waals surface area contributed by atoms with Crippen molar-refractivity contribution in [3.63, 3.8) is 0 Å². The Labute approximate surface area is 155 Å². The van der Waals surface area contributed by atoms with E-state index in [0.717, 1.165) is 32.1 Å². The van der Waals surface area contributed by atoms with Gasteiger partial charge in [0.05, 0.1) is 13.5 Å². The summed E-state index contributed by atoms with van der Waals surface area (Å²) in [5.74, 6) is -0.408. The van der Waals surface area contributed by atoms with E-state index < -0.39 is 24.2 Å². The van der Waals surface area contributed by atoms with Crippen LogP contribution in [-0.2, 0) is 11.2 Å². The second kappa shape index (κ2) is 7.50. The lowest BCUT2D eigenvalue weighted by Gasteiger charge is -2.32. The molecule has 1 aliphatic heterocycles. The van der Waals surface area contributed by atoms with Crippen LogP contribution < -0.4 is 4.74 Å². The SMILES string of the molecule is COc1ccc(CC(=O)N2N=C(C3CCCCC3)C[C@]2(O)C(F)(F)F)cc1. The van der Waals surface area contributed by atoms with Crippen LogP contribution in [0.5, 0.6) is 5.75 Å². The number of alkyl halides is 3. The van der Waals surface area contributed by atoms with Crippen molar-refractivity contribution in [2.45, 2.75) is 56.8 Å². The largest absolute Gasteiger partial charge is 0.497 e. The van der Waals surface area contributed by atoms with E-state index in [9.17, 15) is 23.1 Å². The molecule has 8 heteroatoms. The van der Waals surface area contributed by atoms with Crippen LogP contribution >= 0.6 is 0 Å². The zero-order chi connectivity index (χ0) is 19.7. The molecule has 1 amide bonds. The van der Waals surface area contributed by atoms with Gasteiger partial charge in [0.15, 0.2) is 0 Å². The number of hydrogen-bond acceptors (Lipinski definition) is 4. The molecule has 148 valence electrons. The summed E-state index contributed by atoms with van der Waals surface area (Å²) < 4.78 is 45.8.